The minimum Gasteiger partial charge on any atom is -0.451 e. The van der Waals surface area contributed by atoms with Crippen LogP contribution in [-0.4, -0.2) is 10.9 Å². The van der Waals surface area contributed by atoms with E-state index in [2.05, 4.69) is 24.0 Å². The average Bonchev–Trinajstić information content (AvgIpc) is 2.61. The zero-order valence-corrected chi connectivity index (χ0v) is 13.1. The minimum absolute atomic E-state index is 0.00304. The normalized spacial score (nSPS) is 9.67. The highest BCUT2D eigenvalue weighted by Gasteiger charge is 2.05. The van der Waals surface area contributed by atoms with E-state index in [0.717, 1.165) is 12.8 Å². The molecule has 5 nitrogen and oxygen atoms in total. The van der Waals surface area contributed by atoms with Crippen LogP contribution < -0.4 is 0 Å². The molecule has 5 heteroatoms. The molecular formula is C19H17NO4. The lowest BCUT2D eigenvalue weighted by Crippen LogP contribution is -2.01. The molecule has 0 aliphatic carbocycles. The van der Waals surface area contributed by atoms with Gasteiger partial charge in [-0.1, -0.05) is 36.3 Å². The number of hydrogen-bond donors (Lipinski definition) is 0. The molecule has 0 aliphatic heterocycles. The van der Waals surface area contributed by atoms with Gasteiger partial charge >= 0.3 is 5.97 Å². The molecule has 2 rings (SSSR count). The van der Waals surface area contributed by atoms with E-state index in [4.69, 9.17) is 4.74 Å². The molecule has 2 aromatic carbocycles. The van der Waals surface area contributed by atoms with E-state index >= 15 is 0 Å². The van der Waals surface area contributed by atoms with Gasteiger partial charge in [0.2, 0.25) is 0 Å². The van der Waals surface area contributed by atoms with Crippen LogP contribution in [0.15, 0.2) is 54.6 Å². The predicted molar refractivity (Wildman–Crippen MR) is 90.0 cm³/mol. The Kier molecular flexibility index (Phi) is 6.54. The van der Waals surface area contributed by atoms with E-state index < -0.39 is 10.9 Å². The van der Waals surface area contributed by atoms with Crippen molar-refractivity contribution < 1.29 is 14.5 Å². The number of hydrogen-bond acceptors (Lipinski definition) is 4. The van der Waals surface area contributed by atoms with Crippen LogP contribution in [0, 0.1) is 22.0 Å². The van der Waals surface area contributed by atoms with Gasteiger partial charge in [-0.3, -0.25) is 10.1 Å². The molecule has 0 amide bonds. The number of non-ortho nitro benzene ring substituents is 1. The number of unbranched alkanes of at least 4 members (excludes halogenated alkanes) is 1. The first kappa shape index (κ1) is 17.2. The molecule has 0 radical (unpaired) electrons. The van der Waals surface area contributed by atoms with Gasteiger partial charge in [0.25, 0.3) is 5.69 Å². The highest BCUT2D eigenvalue weighted by atomic mass is 16.6. The number of nitro benzene ring substituents is 1. The molecule has 0 fully saturated rings. The number of aryl methyl sites for hydroxylation is 1. The number of rotatable bonds is 6. The molecule has 122 valence electrons. The molecule has 0 saturated carbocycles. The van der Waals surface area contributed by atoms with Crippen LogP contribution in [0.3, 0.4) is 0 Å². The number of nitrogens with zero attached hydrogens (tertiary/aromatic N) is 1. The zero-order chi connectivity index (χ0) is 17.2. The minimum atomic E-state index is -0.590. The second-order valence-electron chi connectivity index (χ2n) is 5.14. The Morgan fingerprint density at radius 2 is 1.75 bits per heavy atom. The van der Waals surface area contributed by atoms with Gasteiger partial charge in [0, 0.05) is 24.5 Å². The number of benzene rings is 2. The first-order chi connectivity index (χ1) is 11.6. The summed E-state index contributed by atoms with van der Waals surface area (Å²) in [6.07, 6.45) is 2.43. The molecule has 0 heterocycles. The third-order valence-corrected chi connectivity index (χ3v) is 3.32. The fourth-order valence-electron chi connectivity index (χ4n) is 2.06. The number of esters is 1. The van der Waals surface area contributed by atoms with Crippen molar-refractivity contribution >= 4 is 11.7 Å². The smallest absolute Gasteiger partial charge is 0.384 e. The Morgan fingerprint density at radius 3 is 2.42 bits per heavy atom. The largest absolute Gasteiger partial charge is 0.451 e. The van der Waals surface area contributed by atoms with Gasteiger partial charge in [-0.15, -0.1) is 0 Å². The lowest BCUT2D eigenvalue weighted by atomic mass is 10.1. The van der Waals surface area contributed by atoms with Gasteiger partial charge in [0.1, 0.15) is 6.61 Å². The second kappa shape index (κ2) is 9.11. The van der Waals surface area contributed by atoms with Crippen molar-refractivity contribution in [3.63, 3.8) is 0 Å². The van der Waals surface area contributed by atoms with Crippen molar-refractivity contribution in [2.45, 2.75) is 25.9 Å². The van der Waals surface area contributed by atoms with Gasteiger partial charge in [0.05, 0.1) is 4.92 Å². The number of carbonyl (C=O) groups excluding carboxylic acids is 1. The van der Waals surface area contributed by atoms with E-state index in [9.17, 15) is 14.9 Å². The van der Waals surface area contributed by atoms with Crippen LogP contribution in [0.5, 0.6) is 0 Å². The van der Waals surface area contributed by atoms with E-state index in [0.29, 0.717) is 12.0 Å². The van der Waals surface area contributed by atoms with Gasteiger partial charge in [-0.2, -0.15) is 0 Å². The summed E-state index contributed by atoms with van der Waals surface area (Å²) in [5, 5.41) is 10.5. The van der Waals surface area contributed by atoms with Crippen molar-refractivity contribution in [1.82, 2.24) is 0 Å². The van der Waals surface area contributed by atoms with Crippen molar-refractivity contribution in [2.24, 2.45) is 0 Å². The maximum Gasteiger partial charge on any atom is 0.384 e. The topological polar surface area (TPSA) is 69.4 Å². The standard InChI is InChI=1S/C19H17NO4/c21-19(10-6-2-5-9-16-7-3-1-4-8-16)24-15-17-11-13-18(14-12-17)20(22)23/h1,3-4,7-8,11-14H,2,5,9,15H2. The first-order valence-electron chi connectivity index (χ1n) is 7.58. The van der Waals surface area contributed by atoms with Gasteiger partial charge < -0.3 is 4.74 Å². The fourth-order valence-corrected chi connectivity index (χ4v) is 2.06. The summed E-state index contributed by atoms with van der Waals surface area (Å²) in [5.41, 5.74) is 1.93. The van der Waals surface area contributed by atoms with Crippen molar-refractivity contribution in [2.75, 3.05) is 0 Å². The average molecular weight is 323 g/mol. The summed E-state index contributed by atoms with van der Waals surface area (Å²) in [5.74, 6) is 4.66. The first-order valence-corrected chi connectivity index (χ1v) is 7.58. The van der Waals surface area contributed by atoms with Crippen molar-refractivity contribution in [3.05, 3.63) is 75.8 Å². The van der Waals surface area contributed by atoms with Crippen LogP contribution >= 0.6 is 0 Å². The van der Waals surface area contributed by atoms with Gasteiger partial charge in [-0.05, 0) is 36.1 Å². The maximum atomic E-state index is 11.5. The SMILES string of the molecule is O=C(C#CCCCc1ccccc1)OCc1ccc([N+](=O)[O-])cc1. The molecule has 0 bridgehead atoms. The summed E-state index contributed by atoms with van der Waals surface area (Å²) in [4.78, 5) is 21.6. The summed E-state index contributed by atoms with van der Waals surface area (Å²) < 4.78 is 5.01. The summed E-state index contributed by atoms with van der Waals surface area (Å²) >= 11 is 0. The summed E-state index contributed by atoms with van der Waals surface area (Å²) in [6, 6.07) is 15.9. The quantitative estimate of drug-likeness (QED) is 0.203. The van der Waals surface area contributed by atoms with Crippen molar-refractivity contribution in [1.29, 1.82) is 0 Å². The van der Waals surface area contributed by atoms with Crippen LogP contribution in [0.25, 0.3) is 0 Å². The fraction of sp³-hybridized carbons (Fsp3) is 0.211. The molecule has 0 spiro atoms. The molecular weight excluding hydrogens is 306 g/mol. The molecule has 0 saturated heterocycles. The molecule has 0 unspecified atom stereocenters. The van der Waals surface area contributed by atoms with Gasteiger partial charge in [0.15, 0.2) is 0 Å². The Labute approximate surface area is 140 Å². The van der Waals surface area contributed by atoms with Crippen LogP contribution in [-0.2, 0) is 22.6 Å². The Morgan fingerprint density at radius 1 is 1.04 bits per heavy atom. The van der Waals surface area contributed by atoms with E-state index in [-0.39, 0.29) is 12.3 Å². The van der Waals surface area contributed by atoms with E-state index in [1.807, 2.05) is 18.2 Å². The molecule has 0 aliphatic rings. The van der Waals surface area contributed by atoms with Crippen LogP contribution in [0.4, 0.5) is 5.69 Å². The van der Waals surface area contributed by atoms with E-state index in [1.165, 1.54) is 17.7 Å². The van der Waals surface area contributed by atoms with Crippen LogP contribution in [0.2, 0.25) is 0 Å². The Balaban J connectivity index is 1.69. The molecule has 0 N–H and O–H groups in total. The van der Waals surface area contributed by atoms with Crippen molar-refractivity contribution in [3.8, 4) is 11.8 Å². The lowest BCUT2D eigenvalue weighted by molar-refractivity contribution is -0.384. The zero-order valence-electron chi connectivity index (χ0n) is 13.1. The Bertz CT molecular complexity index is 742. The van der Waals surface area contributed by atoms with Crippen LogP contribution in [0.1, 0.15) is 24.0 Å². The lowest BCUT2D eigenvalue weighted by Gasteiger charge is -2.00. The van der Waals surface area contributed by atoms with Gasteiger partial charge in [-0.25, -0.2) is 4.79 Å². The Hall–Kier alpha value is -3.13. The number of ether oxygens (including phenoxy) is 1. The molecule has 0 aromatic heterocycles. The molecule has 0 atom stereocenters. The molecule has 24 heavy (non-hydrogen) atoms. The third kappa shape index (κ3) is 5.93. The van der Waals surface area contributed by atoms with E-state index in [1.54, 1.807) is 12.1 Å². The molecule has 2 aromatic rings. The summed E-state index contributed by atoms with van der Waals surface area (Å²) in [6.45, 7) is 0.0511. The third-order valence-electron chi connectivity index (χ3n) is 3.32. The number of carbonyl (C=O) groups is 1. The predicted octanol–water partition coefficient (Wildman–Crippen LogP) is 3.66. The number of nitro groups is 1. The summed E-state index contributed by atoms with van der Waals surface area (Å²) in [7, 11) is 0. The monoisotopic (exact) mass is 323 g/mol. The highest BCUT2D eigenvalue weighted by Crippen LogP contribution is 2.12. The maximum absolute atomic E-state index is 11.5. The highest BCUT2D eigenvalue weighted by molar-refractivity contribution is 5.88. The second-order valence-corrected chi connectivity index (χ2v) is 5.14.